The molecule has 1 heterocycles. The Morgan fingerprint density at radius 2 is 2.33 bits per heavy atom. The molecule has 0 amide bonds. The molecule has 0 aromatic carbocycles. The Kier molecular flexibility index (Phi) is 4.98. The molecule has 0 aliphatic heterocycles. The van der Waals surface area contributed by atoms with Crippen molar-refractivity contribution in [3.05, 3.63) is 17.0 Å². The smallest absolute Gasteiger partial charge is 0.146 e. The third-order valence-electron chi connectivity index (χ3n) is 2.20. The minimum Gasteiger partial charge on any atom is -0.383 e. The van der Waals surface area contributed by atoms with Crippen LogP contribution in [0, 0.1) is 0 Å². The van der Waals surface area contributed by atoms with Crippen molar-refractivity contribution in [2.24, 2.45) is 0 Å². The molecule has 0 aliphatic rings. The number of likely N-dealkylation sites (N-methyl/N-ethyl adjacent to an activating group) is 1. The molecule has 0 N–H and O–H groups in total. The predicted octanol–water partition coefficient (Wildman–Crippen LogP) is 2.10. The average Bonchev–Trinajstić information content (AvgIpc) is 2.22. The molecule has 0 bridgehead atoms. The molecule has 4 nitrogen and oxygen atoms in total. The van der Waals surface area contributed by atoms with Gasteiger partial charge in [-0.25, -0.2) is 9.97 Å². The van der Waals surface area contributed by atoms with E-state index in [2.05, 4.69) is 44.6 Å². The van der Waals surface area contributed by atoms with Gasteiger partial charge in [-0.1, -0.05) is 0 Å². The van der Waals surface area contributed by atoms with E-state index in [4.69, 9.17) is 4.74 Å². The van der Waals surface area contributed by atoms with Gasteiger partial charge in [-0.05, 0) is 29.8 Å². The lowest BCUT2D eigenvalue weighted by Crippen LogP contribution is -2.37. The molecule has 1 aromatic heterocycles. The first kappa shape index (κ1) is 12.4. The molecular formula is C10H16BrN3O. The van der Waals surface area contributed by atoms with Crippen molar-refractivity contribution in [3.8, 4) is 0 Å². The number of methoxy groups -OCH3 is 1. The van der Waals surface area contributed by atoms with Crippen LogP contribution in [0.2, 0.25) is 0 Å². The molecule has 5 heteroatoms. The highest BCUT2D eigenvalue weighted by Crippen LogP contribution is 2.23. The van der Waals surface area contributed by atoms with Crippen LogP contribution in [-0.4, -0.2) is 36.3 Å². The molecule has 1 unspecified atom stereocenters. The first-order chi connectivity index (χ1) is 7.20. The zero-order valence-electron chi connectivity index (χ0n) is 9.27. The second-order valence-electron chi connectivity index (χ2n) is 3.28. The van der Waals surface area contributed by atoms with Gasteiger partial charge in [0.05, 0.1) is 17.1 Å². The van der Waals surface area contributed by atoms with Crippen molar-refractivity contribution in [2.45, 2.75) is 19.9 Å². The van der Waals surface area contributed by atoms with Crippen LogP contribution < -0.4 is 4.90 Å². The summed E-state index contributed by atoms with van der Waals surface area (Å²) in [5.41, 5.74) is 0. The van der Waals surface area contributed by atoms with Crippen molar-refractivity contribution < 1.29 is 4.74 Å². The largest absolute Gasteiger partial charge is 0.383 e. The Labute approximate surface area is 98.8 Å². The van der Waals surface area contributed by atoms with Crippen LogP contribution in [0.3, 0.4) is 0 Å². The van der Waals surface area contributed by atoms with Crippen molar-refractivity contribution in [2.75, 3.05) is 25.2 Å². The van der Waals surface area contributed by atoms with Crippen LogP contribution >= 0.6 is 15.9 Å². The van der Waals surface area contributed by atoms with Gasteiger partial charge < -0.3 is 9.64 Å². The van der Waals surface area contributed by atoms with E-state index in [0.29, 0.717) is 12.6 Å². The molecule has 0 aliphatic carbocycles. The normalized spacial score (nSPS) is 12.5. The van der Waals surface area contributed by atoms with Crippen molar-refractivity contribution in [1.82, 2.24) is 9.97 Å². The summed E-state index contributed by atoms with van der Waals surface area (Å²) in [5.74, 6) is 0.914. The topological polar surface area (TPSA) is 38.2 Å². The summed E-state index contributed by atoms with van der Waals surface area (Å²) in [6.45, 7) is 5.78. The highest BCUT2D eigenvalue weighted by atomic mass is 79.9. The van der Waals surface area contributed by atoms with Gasteiger partial charge in [-0.3, -0.25) is 0 Å². The SMILES string of the molecule is CCN(c1ncncc1Br)C(C)COC. The first-order valence-electron chi connectivity index (χ1n) is 4.91. The Morgan fingerprint density at radius 3 is 2.87 bits per heavy atom. The van der Waals surface area contributed by atoms with Gasteiger partial charge in [0.1, 0.15) is 12.1 Å². The van der Waals surface area contributed by atoms with Gasteiger partial charge in [-0.15, -0.1) is 0 Å². The van der Waals surface area contributed by atoms with Crippen LogP contribution in [0.25, 0.3) is 0 Å². The van der Waals surface area contributed by atoms with Gasteiger partial charge in [0, 0.05) is 19.9 Å². The van der Waals surface area contributed by atoms with Crippen LogP contribution in [-0.2, 0) is 4.74 Å². The van der Waals surface area contributed by atoms with Gasteiger partial charge in [0.2, 0.25) is 0 Å². The molecule has 84 valence electrons. The minimum atomic E-state index is 0.297. The minimum absolute atomic E-state index is 0.297. The van der Waals surface area contributed by atoms with E-state index in [1.807, 2.05) is 0 Å². The van der Waals surface area contributed by atoms with Gasteiger partial charge in [-0.2, -0.15) is 0 Å². The number of nitrogens with zero attached hydrogens (tertiary/aromatic N) is 3. The van der Waals surface area contributed by atoms with Crippen LogP contribution in [0.15, 0.2) is 17.0 Å². The average molecular weight is 274 g/mol. The Balaban J connectivity index is 2.87. The fraction of sp³-hybridized carbons (Fsp3) is 0.600. The molecule has 1 aromatic rings. The number of ether oxygens (including phenoxy) is 1. The van der Waals surface area contributed by atoms with Crippen molar-refractivity contribution in [1.29, 1.82) is 0 Å². The lowest BCUT2D eigenvalue weighted by atomic mass is 10.3. The van der Waals surface area contributed by atoms with E-state index in [1.54, 1.807) is 19.6 Å². The van der Waals surface area contributed by atoms with E-state index in [-0.39, 0.29) is 0 Å². The molecule has 1 atom stereocenters. The lowest BCUT2D eigenvalue weighted by Gasteiger charge is -2.29. The van der Waals surface area contributed by atoms with Gasteiger partial charge in [0.15, 0.2) is 0 Å². The number of hydrogen-bond acceptors (Lipinski definition) is 4. The summed E-state index contributed by atoms with van der Waals surface area (Å²) in [4.78, 5) is 10.4. The zero-order chi connectivity index (χ0) is 11.3. The third-order valence-corrected chi connectivity index (χ3v) is 2.76. The molecular weight excluding hydrogens is 258 g/mol. The lowest BCUT2D eigenvalue weighted by molar-refractivity contribution is 0.181. The summed E-state index contributed by atoms with van der Waals surface area (Å²) in [6.07, 6.45) is 3.31. The number of anilines is 1. The fourth-order valence-corrected chi connectivity index (χ4v) is 1.97. The Hall–Kier alpha value is -0.680. The maximum Gasteiger partial charge on any atom is 0.146 e. The number of rotatable bonds is 5. The summed E-state index contributed by atoms with van der Waals surface area (Å²) in [5, 5.41) is 0. The molecule has 15 heavy (non-hydrogen) atoms. The molecule has 0 fully saturated rings. The molecule has 1 rings (SSSR count). The van der Waals surface area contributed by atoms with Crippen LogP contribution in [0.5, 0.6) is 0 Å². The third kappa shape index (κ3) is 3.14. The second-order valence-corrected chi connectivity index (χ2v) is 4.14. The molecule has 0 spiro atoms. The van der Waals surface area contributed by atoms with E-state index < -0.39 is 0 Å². The van der Waals surface area contributed by atoms with Crippen LogP contribution in [0.1, 0.15) is 13.8 Å². The summed E-state index contributed by atoms with van der Waals surface area (Å²) >= 11 is 3.45. The van der Waals surface area contributed by atoms with E-state index in [0.717, 1.165) is 16.8 Å². The summed E-state index contributed by atoms with van der Waals surface area (Å²) < 4.78 is 6.06. The Bertz CT molecular complexity index is 308. The second kappa shape index (κ2) is 6.02. The number of halogens is 1. The highest BCUT2D eigenvalue weighted by Gasteiger charge is 2.16. The van der Waals surface area contributed by atoms with E-state index in [1.165, 1.54) is 0 Å². The molecule has 0 saturated carbocycles. The monoisotopic (exact) mass is 273 g/mol. The standard InChI is InChI=1S/C10H16BrN3O/c1-4-14(8(2)6-15-3)10-9(11)5-12-7-13-10/h5,7-8H,4,6H2,1-3H3. The van der Waals surface area contributed by atoms with E-state index in [9.17, 15) is 0 Å². The van der Waals surface area contributed by atoms with Crippen molar-refractivity contribution in [3.63, 3.8) is 0 Å². The number of aromatic nitrogens is 2. The van der Waals surface area contributed by atoms with Gasteiger partial charge in [0.25, 0.3) is 0 Å². The summed E-state index contributed by atoms with van der Waals surface area (Å²) in [6, 6.07) is 0.297. The molecule has 0 saturated heterocycles. The maximum atomic E-state index is 5.15. The molecule has 0 radical (unpaired) electrons. The van der Waals surface area contributed by atoms with Gasteiger partial charge >= 0.3 is 0 Å². The van der Waals surface area contributed by atoms with E-state index >= 15 is 0 Å². The quantitative estimate of drug-likeness (QED) is 0.824. The predicted molar refractivity (Wildman–Crippen MR) is 64.1 cm³/mol. The van der Waals surface area contributed by atoms with Crippen molar-refractivity contribution >= 4 is 21.7 Å². The number of hydrogen-bond donors (Lipinski definition) is 0. The maximum absolute atomic E-state index is 5.15. The Morgan fingerprint density at radius 1 is 1.60 bits per heavy atom. The summed E-state index contributed by atoms with van der Waals surface area (Å²) in [7, 11) is 1.71. The zero-order valence-corrected chi connectivity index (χ0v) is 10.9. The van der Waals surface area contributed by atoms with Crippen LogP contribution in [0.4, 0.5) is 5.82 Å². The highest BCUT2D eigenvalue weighted by molar-refractivity contribution is 9.10. The fourth-order valence-electron chi connectivity index (χ4n) is 1.52. The first-order valence-corrected chi connectivity index (χ1v) is 5.71.